The van der Waals surface area contributed by atoms with Crippen LogP contribution < -0.4 is 4.74 Å². The van der Waals surface area contributed by atoms with Gasteiger partial charge in [-0.1, -0.05) is 0 Å². The van der Waals surface area contributed by atoms with Gasteiger partial charge in [0.25, 0.3) is 0 Å². The molecule has 0 atom stereocenters. The predicted molar refractivity (Wildman–Crippen MR) is 62.0 cm³/mol. The van der Waals surface area contributed by atoms with E-state index in [1.54, 1.807) is 19.4 Å². The van der Waals surface area contributed by atoms with Gasteiger partial charge in [-0.2, -0.15) is 4.99 Å². The highest BCUT2D eigenvalue weighted by Crippen LogP contribution is 2.34. The maximum Gasteiger partial charge on any atom is 0.240 e. The van der Waals surface area contributed by atoms with Crippen LogP contribution in [0.2, 0.25) is 0 Å². The minimum absolute atomic E-state index is 0.620. The first-order chi connectivity index (χ1) is 7.67. The molecule has 82 valence electrons. The van der Waals surface area contributed by atoms with E-state index in [4.69, 9.17) is 4.74 Å². The number of benzene rings is 1. The number of ether oxygens (including phenoxy) is 1. The fourth-order valence-corrected chi connectivity index (χ4v) is 1.92. The summed E-state index contributed by atoms with van der Waals surface area (Å²) in [5.41, 5.74) is 2.62. The van der Waals surface area contributed by atoms with Crippen LogP contribution in [0.3, 0.4) is 0 Å². The van der Waals surface area contributed by atoms with Gasteiger partial charge in [0.2, 0.25) is 6.08 Å². The van der Waals surface area contributed by atoms with Gasteiger partial charge in [-0.25, -0.2) is 4.79 Å². The standard InChI is InChI=1S/C12H12N2O2/c1-8-4-9-10(13-7-15)6-14(2)12(9)11(5-8)16-3/h4-6H,1-3H3. The Morgan fingerprint density at radius 1 is 1.44 bits per heavy atom. The molecule has 0 N–H and O–H groups in total. The average molecular weight is 216 g/mol. The van der Waals surface area contributed by atoms with E-state index >= 15 is 0 Å². The fraction of sp³-hybridized carbons (Fsp3) is 0.250. The molecular weight excluding hydrogens is 204 g/mol. The van der Waals surface area contributed by atoms with E-state index in [1.165, 1.54) is 0 Å². The van der Waals surface area contributed by atoms with Gasteiger partial charge in [-0.15, -0.1) is 0 Å². The molecule has 4 heteroatoms. The first kappa shape index (κ1) is 10.5. The molecule has 0 spiro atoms. The Hall–Kier alpha value is -2.06. The summed E-state index contributed by atoms with van der Waals surface area (Å²) in [7, 11) is 3.52. The minimum Gasteiger partial charge on any atom is -0.495 e. The van der Waals surface area contributed by atoms with Crippen LogP contribution in [0.1, 0.15) is 5.56 Å². The van der Waals surface area contributed by atoms with Crippen LogP contribution in [0.4, 0.5) is 5.69 Å². The van der Waals surface area contributed by atoms with Gasteiger partial charge >= 0.3 is 0 Å². The van der Waals surface area contributed by atoms with Gasteiger partial charge in [-0.3, -0.25) is 0 Å². The summed E-state index contributed by atoms with van der Waals surface area (Å²) in [5, 5.41) is 0.905. The highest BCUT2D eigenvalue weighted by atomic mass is 16.5. The molecule has 0 aliphatic rings. The first-order valence-electron chi connectivity index (χ1n) is 4.89. The van der Waals surface area contributed by atoms with Crippen molar-refractivity contribution in [3.8, 4) is 5.75 Å². The van der Waals surface area contributed by atoms with Crippen molar-refractivity contribution in [2.45, 2.75) is 6.92 Å². The molecule has 0 fully saturated rings. The molecule has 0 aliphatic carbocycles. The SMILES string of the molecule is COc1cc(C)cc2c(N=C=O)cn(C)c12. The summed E-state index contributed by atoms with van der Waals surface area (Å²) in [5.74, 6) is 0.782. The lowest BCUT2D eigenvalue weighted by atomic mass is 10.1. The van der Waals surface area contributed by atoms with Crippen molar-refractivity contribution in [2.75, 3.05) is 7.11 Å². The van der Waals surface area contributed by atoms with Crippen molar-refractivity contribution in [3.05, 3.63) is 23.9 Å². The van der Waals surface area contributed by atoms with Crippen molar-refractivity contribution in [1.82, 2.24) is 4.57 Å². The second-order valence-corrected chi connectivity index (χ2v) is 3.69. The van der Waals surface area contributed by atoms with Crippen molar-refractivity contribution in [3.63, 3.8) is 0 Å². The van der Waals surface area contributed by atoms with E-state index in [9.17, 15) is 4.79 Å². The van der Waals surface area contributed by atoms with E-state index in [0.717, 1.165) is 22.2 Å². The molecule has 1 aromatic carbocycles. The second-order valence-electron chi connectivity index (χ2n) is 3.69. The highest BCUT2D eigenvalue weighted by molar-refractivity contribution is 5.96. The fourth-order valence-electron chi connectivity index (χ4n) is 1.92. The number of hydrogen-bond acceptors (Lipinski definition) is 3. The van der Waals surface area contributed by atoms with Gasteiger partial charge in [-0.05, 0) is 24.6 Å². The van der Waals surface area contributed by atoms with E-state index in [2.05, 4.69) is 4.99 Å². The lowest BCUT2D eigenvalue weighted by molar-refractivity contribution is 0.417. The van der Waals surface area contributed by atoms with Crippen LogP contribution in [-0.2, 0) is 11.8 Å². The maximum atomic E-state index is 10.3. The Balaban J connectivity index is 2.89. The monoisotopic (exact) mass is 216 g/mol. The van der Waals surface area contributed by atoms with E-state index in [0.29, 0.717) is 5.69 Å². The van der Waals surface area contributed by atoms with E-state index < -0.39 is 0 Å². The Labute approximate surface area is 93.2 Å². The van der Waals surface area contributed by atoms with E-state index in [1.807, 2.05) is 30.7 Å². The van der Waals surface area contributed by atoms with Crippen LogP contribution in [0, 0.1) is 6.92 Å². The zero-order chi connectivity index (χ0) is 11.7. The lowest BCUT2D eigenvalue weighted by Gasteiger charge is -2.05. The number of fused-ring (bicyclic) bond motifs is 1. The number of isocyanates is 1. The van der Waals surface area contributed by atoms with E-state index in [-0.39, 0.29) is 0 Å². The highest BCUT2D eigenvalue weighted by Gasteiger charge is 2.11. The van der Waals surface area contributed by atoms with Gasteiger partial charge in [0.05, 0.1) is 12.6 Å². The second kappa shape index (κ2) is 3.83. The Kier molecular flexibility index (Phi) is 2.50. The Bertz CT molecular complexity index is 593. The van der Waals surface area contributed by atoms with Crippen molar-refractivity contribution >= 4 is 22.7 Å². The number of methoxy groups -OCH3 is 1. The molecule has 4 nitrogen and oxygen atoms in total. The van der Waals surface area contributed by atoms with Gasteiger partial charge in [0.1, 0.15) is 11.4 Å². The third-order valence-electron chi connectivity index (χ3n) is 2.55. The zero-order valence-corrected chi connectivity index (χ0v) is 9.44. The molecule has 0 aliphatic heterocycles. The smallest absolute Gasteiger partial charge is 0.240 e. The van der Waals surface area contributed by atoms with Crippen LogP contribution in [-0.4, -0.2) is 17.8 Å². The molecule has 0 unspecified atom stereocenters. The zero-order valence-electron chi connectivity index (χ0n) is 9.44. The largest absolute Gasteiger partial charge is 0.495 e. The average Bonchev–Trinajstić information content (AvgIpc) is 2.55. The van der Waals surface area contributed by atoms with Gasteiger partial charge in [0.15, 0.2) is 0 Å². The minimum atomic E-state index is 0.620. The summed E-state index contributed by atoms with van der Waals surface area (Å²) in [6, 6.07) is 3.94. The molecule has 0 bridgehead atoms. The van der Waals surface area contributed by atoms with Gasteiger partial charge in [0, 0.05) is 18.6 Å². The molecule has 0 saturated heterocycles. The van der Waals surface area contributed by atoms with Crippen LogP contribution >= 0.6 is 0 Å². The quantitative estimate of drug-likeness (QED) is 0.571. The Morgan fingerprint density at radius 3 is 2.81 bits per heavy atom. The molecular formula is C12H12N2O2. The first-order valence-corrected chi connectivity index (χ1v) is 4.89. The Morgan fingerprint density at radius 2 is 2.19 bits per heavy atom. The summed E-state index contributed by atoms with van der Waals surface area (Å²) < 4.78 is 7.21. The number of carbonyl (C=O) groups excluding carboxylic acids is 1. The third-order valence-corrected chi connectivity index (χ3v) is 2.55. The normalized spacial score (nSPS) is 10.2. The molecule has 1 heterocycles. The number of aryl methyl sites for hydroxylation is 2. The molecule has 2 aromatic rings. The number of aliphatic imine (C=N–C) groups is 1. The number of hydrogen-bond donors (Lipinski definition) is 0. The predicted octanol–water partition coefficient (Wildman–Crippen LogP) is 2.46. The molecule has 16 heavy (non-hydrogen) atoms. The number of rotatable bonds is 2. The summed E-state index contributed by atoms with van der Waals surface area (Å²) >= 11 is 0. The maximum absolute atomic E-state index is 10.3. The topological polar surface area (TPSA) is 43.6 Å². The third kappa shape index (κ3) is 1.49. The molecule has 2 rings (SSSR count). The summed E-state index contributed by atoms with van der Waals surface area (Å²) in [6.07, 6.45) is 3.36. The van der Waals surface area contributed by atoms with Gasteiger partial charge < -0.3 is 9.30 Å². The molecule has 1 aromatic heterocycles. The van der Waals surface area contributed by atoms with Crippen LogP contribution in [0.5, 0.6) is 5.75 Å². The number of aromatic nitrogens is 1. The summed E-state index contributed by atoms with van der Waals surface area (Å²) in [4.78, 5) is 14.0. The van der Waals surface area contributed by atoms with Crippen LogP contribution in [0.15, 0.2) is 23.3 Å². The molecule has 0 saturated carbocycles. The van der Waals surface area contributed by atoms with Crippen molar-refractivity contribution in [2.24, 2.45) is 12.0 Å². The van der Waals surface area contributed by atoms with Crippen LogP contribution in [0.25, 0.3) is 10.9 Å². The van der Waals surface area contributed by atoms with Crippen molar-refractivity contribution in [1.29, 1.82) is 0 Å². The molecule has 0 amide bonds. The lowest BCUT2D eigenvalue weighted by Crippen LogP contribution is -1.90. The van der Waals surface area contributed by atoms with Crippen molar-refractivity contribution < 1.29 is 9.53 Å². The summed E-state index contributed by atoms with van der Waals surface area (Å²) in [6.45, 7) is 1.98. The molecule has 0 radical (unpaired) electrons. The number of nitrogens with zero attached hydrogens (tertiary/aromatic N) is 2.